The van der Waals surface area contributed by atoms with Gasteiger partial charge in [0.25, 0.3) is 5.91 Å². The molecule has 30 heavy (non-hydrogen) atoms. The molecular formula is C21H25F3N4O2. The Balaban J connectivity index is 1.85. The average molecular weight is 422 g/mol. The van der Waals surface area contributed by atoms with Crippen LogP contribution in [0.1, 0.15) is 35.3 Å². The first-order chi connectivity index (χ1) is 14.2. The van der Waals surface area contributed by atoms with E-state index < -0.39 is 6.36 Å². The Labute approximate surface area is 173 Å². The van der Waals surface area contributed by atoms with Crippen molar-refractivity contribution < 1.29 is 22.7 Å². The van der Waals surface area contributed by atoms with E-state index in [1.54, 1.807) is 17.0 Å². The molecule has 2 aromatic carbocycles. The van der Waals surface area contributed by atoms with E-state index in [-0.39, 0.29) is 24.2 Å². The molecule has 0 radical (unpaired) electrons. The molecule has 0 aliphatic heterocycles. The van der Waals surface area contributed by atoms with Gasteiger partial charge in [-0.25, -0.2) is 4.99 Å². The fraction of sp³-hybridized carbons (Fsp3) is 0.333. The molecule has 2 aromatic rings. The van der Waals surface area contributed by atoms with Crippen LogP contribution in [0.2, 0.25) is 0 Å². The average Bonchev–Trinajstić information content (AvgIpc) is 2.72. The Morgan fingerprint density at radius 2 is 1.60 bits per heavy atom. The van der Waals surface area contributed by atoms with Crippen LogP contribution in [0.4, 0.5) is 13.2 Å². The lowest BCUT2D eigenvalue weighted by Crippen LogP contribution is -2.31. The minimum atomic E-state index is -4.72. The number of rotatable bonds is 8. The summed E-state index contributed by atoms with van der Waals surface area (Å²) < 4.78 is 40.3. The van der Waals surface area contributed by atoms with Crippen LogP contribution < -0.4 is 15.8 Å². The summed E-state index contributed by atoms with van der Waals surface area (Å²) in [5, 5.41) is 2.96. The van der Waals surface area contributed by atoms with Gasteiger partial charge in [0, 0.05) is 25.2 Å². The van der Waals surface area contributed by atoms with Crippen LogP contribution in [0.3, 0.4) is 0 Å². The Kier molecular flexibility index (Phi) is 8.08. The van der Waals surface area contributed by atoms with E-state index in [4.69, 9.17) is 5.73 Å². The number of nitrogens with one attached hydrogen (secondary N) is 1. The quantitative estimate of drug-likeness (QED) is 0.503. The van der Waals surface area contributed by atoms with Crippen LogP contribution in [0, 0.1) is 0 Å². The summed E-state index contributed by atoms with van der Waals surface area (Å²) in [7, 11) is 0. The number of hydrogen-bond donors (Lipinski definition) is 2. The standard InChI is InChI=1S/C21H25F3N4O2/c1-3-28(4-2)19(29)17-9-5-15(6-10-17)13-26-20(25)27-14-16-7-11-18(12-8-16)30-21(22,23)24/h5-12H,3-4,13-14H2,1-2H3,(H3,25,26,27). The fourth-order valence-electron chi connectivity index (χ4n) is 2.68. The molecule has 0 spiro atoms. The van der Waals surface area contributed by atoms with Gasteiger partial charge in [0.2, 0.25) is 0 Å². The van der Waals surface area contributed by atoms with E-state index in [1.165, 1.54) is 24.3 Å². The molecule has 0 bridgehead atoms. The Hall–Kier alpha value is -3.23. The summed E-state index contributed by atoms with van der Waals surface area (Å²) in [5.74, 6) is -0.0922. The normalized spacial score (nSPS) is 11.8. The summed E-state index contributed by atoms with van der Waals surface area (Å²) in [6, 6.07) is 12.7. The van der Waals surface area contributed by atoms with Crippen LogP contribution in [0.25, 0.3) is 0 Å². The zero-order valence-electron chi connectivity index (χ0n) is 16.9. The number of ether oxygens (including phenoxy) is 1. The summed E-state index contributed by atoms with van der Waals surface area (Å²) in [6.45, 7) is 5.82. The van der Waals surface area contributed by atoms with Crippen LogP contribution in [-0.4, -0.2) is 36.2 Å². The monoisotopic (exact) mass is 422 g/mol. The molecule has 0 atom stereocenters. The van der Waals surface area contributed by atoms with Gasteiger partial charge in [0.05, 0.1) is 6.54 Å². The molecule has 9 heteroatoms. The number of nitrogens with two attached hydrogens (primary N) is 1. The molecular weight excluding hydrogens is 397 g/mol. The zero-order chi connectivity index (χ0) is 22.1. The maximum atomic E-state index is 12.3. The van der Waals surface area contributed by atoms with Gasteiger partial charge in [-0.15, -0.1) is 13.2 Å². The van der Waals surface area contributed by atoms with Crippen LogP contribution in [-0.2, 0) is 13.1 Å². The Bertz CT molecular complexity index is 846. The molecule has 1 amide bonds. The van der Waals surface area contributed by atoms with Gasteiger partial charge in [-0.05, 0) is 49.2 Å². The van der Waals surface area contributed by atoms with Crippen molar-refractivity contribution in [1.29, 1.82) is 0 Å². The molecule has 0 fully saturated rings. The lowest BCUT2D eigenvalue weighted by atomic mass is 10.1. The summed E-state index contributed by atoms with van der Waals surface area (Å²) >= 11 is 0. The Morgan fingerprint density at radius 3 is 2.13 bits per heavy atom. The van der Waals surface area contributed by atoms with Crippen LogP contribution >= 0.6 is 0 Å². The van der Waals surface area contributed by atoms with Crippen molar-refractivity contribution in [1.82, 2.24) is 10.2 Å². The van der Waals surface area contributed by atoms with Gasteiger partial charge >= 0.3 is 6.36 Å². The molecule has 3 N–H and O–H groups in total. The number of hydrogen-bond acceptors (Lipinski definition) is 3. The number of aliphatic imine (C=N–C) groups is 1. The number of benzene rings is 2. The SMILES string of the molecule is CCN(CC)C(=O)c1ccc(CNC(N)=NCc2ccc(OC(F)(F)F)cc2)cc1. The second-order valence-electron chi connectivity index (χ2n) is 6.42. The van der Waals surface area contributed by atoms with Gasteiger partial charge in [-0.3, -0.25) is 4.79 Å². The number of amides is 1. The molecule has 0 aliphatic rings. The number of halogens is 3. The van der Waals surface area contributed by atoms with Gasteiger partial charge < -0.3 is 20.7 Å². The molecule has 0 unspecified atom stereocenters. The second-order valence-corrected chi connectivity index (χ2v) is 6.42. The minimum Gasteiger partial charge on any atom is -0.406 e. The van der Waals surface area contributed by atoms with E-state index in [2.05, 4.69) is 15.0 Å². The zero-order valence-corrected chi connectivity index (χ0v) is 16.9. The van der Waals surface area contributed by atoms with Crippen LogP contribution in [0.5, 0.6) is 5.75 Å². The molecule has 0 saturated heterocycles. The van der Waals surface area contributed by atoms with Crippen molar-refractivity contribution in [2.45, 2.75) is 33.3 Å². The first-order valence-corrected chi connectivity index (χ1v) is 9.48. The largest absolute Gasteiger partial charge is 0.573 e. The second kappa shape index (κ2) is 10.5. The van der Waals surface area contributed by atoms with Crippen LogP contribution in [0.15, 0.2) is 53.5 Å². The summed E-state index contributed by atoms with van der Waals surface area (Å²) in [6.07, 6.45) is -4.72. The highest BCUT2D eigenvalue weighted by Gasteiger charge is 2.30. The number of guanidine groups is 1. The van der Waals surface area contributed by atoms with E-state index in [0.29, 0.717) is 30.8 Å². The highest BCUT2D eigenvalue weighted by molar-refractivity contribution is 5.94. The van der Waals surface area contributed by atoms with E-state index in [9.17, 15) is 18.0 Å². The third-order valence-electron chi connectivity index (χ3n) is 4.31. The number of carbonyl (C=O) groups excluding carboxylic acids is 1. The van der Waals surface area contributed by atoms with Gasteiger partial charge in [-0.1, -0.05) is 24.3 Å². The molecule has 0 heterocycles. The van der Waals surface area contributed by atoms with Gasteiger partial charge in [-0.2, -0.15) is 0 Å². The summed E-state index contributed by atoms with van der Waals surface area (Å²) in [4.78, 5) is 18.2. The van der Waals surface area contributed by atoms with E-state index in [1.807, 2.05) is 26.0 Å². The predicted octanol–water partition coefficient (Wildman–Crippen LogP) is 3.67. The molecule has 6 nitrogen and oxygen atoms in total. The number of alkyl halides is 3. The first-order valence-electron chi connectivity index (χ1n) is 9.48. The number of nitrogens with zero attached hydrogens (tertiary/aromatic N) is 2. The molecule has 162 valence electrons. The van der Waals surface area contributed by atoms with Gasteiger partial charge in [0.15, 0.2) is 5.96 Å². The third-order valence-corrected chi connectivity index (χ3v) is 4.31. The lowest BCUT2D eigenvalue weighted by Gasteiger charge is -2.18. The van der Waals surface area contributed by atoms with Crippen molar-refractivity contribution in [3.05, 3.63) is 65.2 Å². The highest BCUT2D eigenvalue weighted by Crippen LogP contribution is 2.22. The smallest absolute Gasteiger partial charge is 0.406 e. The maximum Gasteiger partial charge on any atom is 0.573 e. The minimum absolute atomic E-state index is 0.00719. The van der Waals surface area contributed by atoms with Crippen molar-refractivity contribution in [2.75, 3.05) is 13.1 Å². The lowest BCUT2D eigenvalue weighted by molar-refractivity contribution is -0.274. The predicted molar refractivity (Wildman–Crippen MR) is 109 cm³/mol. The maximum absolute atomic E-state index is 12.3. The van der Waals surface area contributed by atoms with Crippen molar-refractivity contribution in [3.8, 4) is 5.75 Å². The van der Waals surface area contributed by atoms with Crippen molar-refractivity contribution in [3.63, 3.8) is 0 Å². The van der Waals surface area contributed by atoms with Gasteiger partial charge in [0.1, 0.15) is 5.75 Å². The van der Waals surface area contributed by atoms with E-state index >= 15 is 0 Å². The topological polar surface area (TPSA) is 80.0 Å². The first kappa shape index (κ1) is 23.1. The van der Waals surface area contributed by atoms with E-state index in [0.717, 1.165) is 5.56 Å². The summed E-state index contributed by atoms with van der Waals surface area (Å²) in [5.41, 5.74) is 8.09. The van der Waals surface area contributed by atoms with Crippen molar-refractivity contribution >= 4 is 11.9 Å². The fourth-order valence-corrected chi connectivity index (χ4v) is 2.68. The van der Waals surface area contributed by atoms with Crippen molar-refractivity contribution in [2.24, 2.45) is 10.7 Å². The molecule has 0 saturated carbocycles. The molecule has 2 rings (SSSR count). The number of carbonyl (C=O) groups is 1. The molecule has 0 aliphatic carbocycles. The molecule has 0 aromatic heterocycles. The highest BCUT2D eigenvalue weighted by atomic mass is 19.4. The Morgan fingerprint density at radius 1 is 1.03 bits per heavy atom. The third kappa shape index (κ3) is 7.31.